The summed E-state index contributed by atoms with van der Waals surface area (Å²) in [5.74, 6) is 0.390. The highest BCUT2D eigenvalue weighted by atomic mass is 16.5. The topological polar surface area (TPSA) is 63.6 Å². The number of aliphatic hydroxyl groups is 1. The van der Waals surface area contributed by atoms with E-state index >= 15 is 0 Å². The second-order valence-corrected chi connectivity index (χ2v) is 9.63. The molecule has 27 heavy (non-hydrogen) atoms. The summed E-state index contributed by atoms with van der Waals surface area (Å²) in [6, 6.07) is 0. The van der Waals surface area contributed by atoms with E-state index in [4.69, 9.17) is 4.74 Å². The first-order valence-electron chi connectivity index (χ1n) is 10.1. The summed E-state index contributed by atoms with van der Waals surface area (Å²) in [6.07, 6.45) is 7.53. The van der Waals surface area contributed by atoms with Crippen LogP contribution in [0.5, 0.6) is 0 Å². The lowest BCUT2D eigenvalue weighted by atomic mass is 9.45. The van der Waals surface area contributed by atoms with Crippen molar-refractivity contribution in [3.8, 4) is 0 Å². The zero-order chi connectivity index (χ0) is 19.8. The highest BCUT2D eigenvalue weighted by Gasteiger charge is 2.64. The number of fused-ring (bicyclic) bond motifs is 5. The summed E-state index contributed by atoms with van der Waals surface area (Å²) >= 11 is 0. The monoisotopic (exact) mass is 370 g/mol. The third-order valence-electron chi connectivity index (χ3n) is 8.33. The van der Waals surface area contributed by atoms with Crippen molar-refractivity contribution in [3.63, 3.8) is 0 Å². The lowest BCUT2D eigenvalue weighted by Gasteiger charge is -2.60. The SMILES string of the molecule is C=C1C(=C)[C@H]2[C@@H]3C=CC4(O)CC(OC(C)=O)CC[C@]4(C)[C@@H]3CC[C@]2(C)C1=O. The van der Waals surface area contributed by atoms with Gasteiger partial charge >= 0.3 is 5.97 Å². The van der Waals surface area contributed by atoms with Gasteiger partial charge in [-0.25, -0.2) is 0 Å². The van der Waals surface area contributed by atoms with Gasteiger partial charge in [-0.2, -0.15) is 0 Å². The van der Waals surface area contributed by atoms with Crippen molar-refractivity contribution in [3.05, 3.63) is 36.5 Å². The Hall–Kier alpha value is -1.68. The van der Waals surface area contributed by atoms with Crippen LogP contribution < -0.4 is 0 Å². The maximum absolute atomic E-state index is 12.8. The summed E-state index contributed by atoms with van der Waals surface area (Å²) in [4.78, 5) is 24.2. The summed E-state index contributed by atoms with van der Waals surface area (Å²) in [5.41, 5.74) is -0.232. The number of hydrogen-bond acceptors (Lipinski definition) is 4. The van der Waals surface area contributed by atoms with Gasteiger partial charge in [-0.3, -0.25) is 9.59 Å². The van der Waals surface area contributed by atoms with Gasteiger partial charge in [0.15, 0.2) is 5.78 Å². The van der Waals surface area contributed by atoms with Crippen LogP contribution in [0.3, 0.4) is 0 Å². The second-order valence-electron chi connectivity index (χ2n) is 9.63. The van der Waals surface area contributed by atoms with E-state index in [-0.39, 0.29) is 41.0 Å². The molecule has 0 heterocycles. The van der Waals surface area contributed by atoms with E-state index in [1.165, 1.54) is 6.92 Å². The van der Waals surface area contributed by atoms with Gasteiger partial charge in [-0.1, -0.05) is 39.2 Å². The molecule has 3 saturated carbocycles. The van der Waals surface area contributed by atoms with Gasteiger partial charge in [0.2, 0.25) is 0 Å². The molecule has 4 rings (SSSR count). The van der Waals surface area contributed by atoms with E-state index in [9.17, 15) is 14.7 Å². The van der Waals surface area contributed by atoms with Gasteiger partial charge in [0.1, 0.15) is 6.10 Å². The minimum Gasteiger partial charge on any atom is -0.462 e. The molecule has 1 N–H and O–H groups in total. The zero-order valence-electron chi connectivity index (χ0n) is 16.6. The first-order valence-corrected chi connectivity index (χ1v) is 10.1. The standard InChI is InChI=1S/C23H30O4/c1-13-14(2)20(25)21(4)9-8-18-17(19(13)21)7-11-23(26)12-16(27-15(3)24)6-10-22(18,23)5/h7,11,16-19,26H,1-2,6,8-10,12H2,3-5H3/t16?,17-,18-,19+,21+,22-,23?/m1/s1. The minimum absolute atomic E-state index is 0.0695. The Kier molecular flexibility index (Phi) is 3.92. The highest BCUT2D eigenvalue weighted by molar-refractivity contribution is 6.07. The first kappa shape index (κ1) is 18.7. The molecule has 0 saturated heterocycles. The smallest absolute Gasteiger partial charge is 0.302 e. The predicted octanol–water partition coefficient (Wildman–Crippen LogP) is 3.75. The fourth-order valence-corrected chi connectivity index (χ4v) is 6.73. The summed E-state index contributed by atoms with van der Waals surface area (Å²) in [7, 11) is 0. The zero-order valence-corrected chi connectivity index (χ0v) is 16.6. The average Bonchev–Trinajstić information content (AvgIpc) is 2.76. The maximum atomic E-state index is 12.8. The molecule has 4 heteroatoms. The average molecular weight is 370 g/mol. The molecule has 4 aliphatic rings. The van der Waals surface area contributed by atoms with Gasteiger partial charge in [-0.05, 0) is 43.1 Å². The molecule has 0 spiro atoms. The number of rotatable bonds is 1. The van der Waals surface area contributed by atoms with Gasteiger partial charge in [0, 0.05) is 35.7 Å². The molecule has 4 aliphatic carbocycles. The molecular formula is C23H30O4. The van der Waals surface area contributed by atoms with E-state index in [0.717, 1.165) is 31.3 Å². The van der Waals surface area contributed by atoms with Crippen molar-refractivity contribution in [1.82, 2.24) is 0 Å². The number of carbonyl (C=O) groups is 2. The number of ketones is 1. The lowest BCUT2D eigenvalue weighted by molar-refractivity contribution is -0.179. The van der Waals surface area contributed by atoms with Crippen molar-refractivity contribution in [2.75, 3.05) is 0 Å². The predicted molar refractivity (Wildman–Crippen MR) is 103 cm³/mol. The van der Waals surface area contributed by atoms with Crippen molar-refractivity contribution in [2.45, 2.75) is 64.6 Å². The highest BCUT2D eigenvalue weighted by Crippen LogP contribution is 2.66. The Balaban J connectivity index is 1.71. The van der Waals surface area contributed by atoms with Crippen molar-refractivity contribution in [1.29, 1.82) is 0 Å². The fourth-order valence-electron chi connectivity index (χ4n) is 6.73. The van der Waals surface area contributed by atoms with Gasteiger partial charge in [0.25, 0.3) is 0 Å². The Bertz CT molecular complexity index is 779. The fraction of sp³-hybridized carbons (Fsp3) is 0.652. The van der Waals surface area contributed by atoms with Crippen LogP contribution in [-0.4, -0.2) is 28.6 Å². The number of hydrogen-bond donors (Lipinski definition) is 1. The third kappa shape index (κ3) is 2.32. The molecule has 0 aromatic carbocycles. The molecule has 7 atom stereocenters. The van der Waals surface area contributed by atoms with Gasteiger partial charge < -0.3 is 9.84 Å². The van der Waals surface area contributed by atoms with Gasteiger partial charge in [-0.15, -0.1) is 0 Å². The molecule has 0 bridgehead atoms. The second kappa shape index (κ2) is 5.66. The molecule has 0 aliphatic heterocycles. The molecule has 4 nitrogen and oxygen atoms in total. The molecule has 0 aromatic heterocycles. The molecule has 0 amide bonds. The van der Waals surface area contributed by atoms with Crippen LogP contribution in [0.15, 0.2) is 36.5 Å². The Labute approximate surface area is 161 Å². The largest absolute Gasteiger partial charge is 0.462 e. The van der Waals surface area contributed by atoms with E-state index in [1.54, 1.807) is 0 Å². The molecule has 0 radical (unpaired) electrons. The van der Waals surface area contributed by atoms with Crippen LogP contribution in [0.4, 0.5) is 0 Å². The number of ether oxygens (including phenoxy) is 1. The van der Waals surface area contributed by atoms with E-state index < -0.39 is 11.0 Å². The van der Waals surface area contributed by atoms with Crippen molar-refractivity contribution < 1.29 is 19.4 Å². The minimum atomic E-state index is -0.985. The van der Waals surface area contributed by atoms with Crippen LogP contribution in [0, 0.1) is 28.6 Å². The summed E-state index contributed by atoms with van der Waals surface area (Å²) < 4.78 is 5.41. The van der Waals surface area contributed by atoms with Crippen molar-refractivity contribution in [2.24, 2.45) is 28.6 Å². The van der Waals surface area contributed by atoms with Crippen LogP contribution in [-0.2, 0) is 14.3 Å². The summed E-state index contributed by atoms with van der Waals surface area (Å²) in [6.45, 7) is 13.9. The number of allylic oxidation sites excluding steroid dienone is 3. The van der Waals surface area contributed by atoms with Crippen LogP contribution in [0.2, 0.25) is 0 Å². The normalized spacial score (nSPS) is 48.7. The van der Waals surface area contributed by atoms with E-state index in [1.807, 2.05) is 6.08 Å². The molecular weight excluding hydrogens is 340 g/mol. The number of carbonyl (C=O) groups excluding carboxylic acids is 2. The van der Waals surface area contributed by atoms with E-state index in [0.29, 0.717) is 12.0 Å². The number of Topliss-reactive ketones (excluding diaryl/α,β-unsaturated/α-hetero) is 1. The summed E-state index contributed by atoms with van der Waals surface area (Å²) in [5, 5.41) is 11.6. The van der Waals surface area contributed by atoms with Crippen LogP contribution in [0.25, 0.3) is 0 Å². The maximum Gasteiger partial charge on any atom is 0.302 e. The number of esters is 1. The lowest BCUT2D eigenvalue weighted by Crippen LogP contribution is -2.61. The molecule has 2 unspecified atom stereocenters. The van der Waals surface area contributed by atoms with Crippen LogP contribution >= 0.6 is 0 Å². The Morgan fingerprint density at radius 3 is 2.63 bits per heavy atom. The molecule has 3 fully saturated rings. The quantitative estimate of drug-likeness (QED) is 0.434. The van der Waals surface area contributed by atoms with E-state index in [2.05, 4.69) is 33.1 Å². The Morgan fingerprint density at radius 2 is 1.96 bits per heavy atom. The van der Waals surface area contributed by atoms with Crippen molar-refractivity contribution >= 4 is 11.8 Å². The first-order chi connectivity index (χ1) is 12.5. The third-order valence-corrected chi connectivity index (χ3v) is 8.33. The molecule has 146 valence electrons. The Morgan fingerprint density at radius 1 is 1.26 bits per heavy atom. The van der Waals surface area contributed by atoms with Gasteiger partial charge in [0.05, 0.1) is 5.60 Å². The van der Waals surface area contributed by atoms with Crippen LogP contribution in [0.1, 0.15) is 52.9 Å². The molecule has 0 aromatic rings.